The van der Waals surface area contributed by atoms with Crippen LogP contribution in [0.15, 0.2) is 42.5 Å². The molecular weight excluding hydrogens is 306 g/mol. The summed E-state index contributed by atoms with van der Waals surface area (Å²) >= 11 is 0. The van der Waals surface area contributed by atoms with Gasteiger partial charge in [0.05, 0.1) is 21.5 Å². The number of carboxylic acid groups (broad SMARTS) is 1. The molecule has 0 radical (unpaired) electrons. The van der Waals surface area contributed by atoms with Gasteiger partial charge in [-0.1, -0.05) is 12.1 Å². The molecule has 0 fully saturated rings. The van der Waals surface area contributed by atoms with Crippen molar-refractivity contribution in [1.29, 1.82) is 0 Å². The van der Waals surface area contributed by atoms with Gasteiger partial charge >= 0.3 is 5.97 Å². The molecule has 0 heterocycles. The Kier molecular flexibility index (Phi) is 4.50. The van der Waals surface area contributed by atoms with Gasteiger partial charge < -0.3 is 10.4 Å². The Bertz CT molecular complexity index is 773. The number of carboxylic acids is 1. The number of carbonyl (C=O) groups is 1. The lowest BCUT2D eigenvalue weighted by Crippen LogP contribution is -2.04. The number of nitrogens with one attached hydrogen (secondary N) is 1. The Hall–Kier alpha value is -3.49. The second-order valence-corrected chi connectivity index (χ2v) is 4.57. The Morgan fingerprint density at radius 1 is 1.04 bits per heavy atom. The minimum Gasteiger partial charge on any atom is -0.478 e. The van der Waals surface area contributed by atoms with Crippen molar-refractivity contribution in [2.24, 2.45) is 0 Å². The smallest absolute Gasteiger partial charge is 0.335 e. The summed E-state index contributed by atoms with van der Waals surface area (Å²) in [7, 11) is 0. The number of rotatable bonds is 6. The van der Waals surface area contributed by atoms with E-state index in [4.69, 9.17) is 5.11 Å². The maximum Gasteiger partial charge on any atom is 0.335 e. The molecule has 0 aliphatic carbocycles. The molecule has 2 aromatic carbocycles. The third-order valence-corrected chi connectivity index (χ3v) is 3.07. The molecule has 2 rings (SSSR count). The third-order valence-electron chi connectivity index (χ3n) is 3.07. The predicted octanol–water partition coefficient (Wildman–Crippen LogP) is 2.81. The fourth-order valence-corrected chi connectivity index (χ4v) is 1.90. The van der Waals surface area contributed by atoms with E-state index < -0.39 is 21.5 Å². The summed E-state index contributed by atoms with van der Waals surface area (Å²) in [4.78, 5) is 31.0. The zero-order valence-electron chi connectivity index (χ0n) is 11.6. The third kappa shape index (κ3) is 3.79. The van der Waals surface area contributed by atoms with Gasteiger partial charge in [0, 0.05) is 12.6 Å². The highest BCUT2D eigenvalue weighted by Crippen LogP contribution is 2.29. The Morgan fingerprint density at radius 3 is 2.22 bits per heavy atom. The Morgan fingerprint density at radius 2 is 1.70 bits per heavy atom. The van der Waals surface area contributed by atoms with Gasteiger partial charge in [-0.15, -0.1) is 0 Å². The quantitative estimate of drug-likeness (QED) is 0.617. The number of hydrogen-bond acceptors (Lipinski definition) is 6. The van der Waals surface area contributed by atoms with E-state index in [-0.39, 0.29) is 23.5 Å². The highest BCUT2D eigenvalue weighted by molar-refractivity contribution is 5.87. The first-order valence-electron chi connectivity index (χ1n) is 6.37. The van der Waals surface area contributed by atoms with Gasteiger partial charge in [0.1, 0.15) is 5.69 Å². The first-order valence-corrected chi connectivity index (χ1v) is 6.37. The van der Waals surface area contributed by atoms with E-state index in [9.17, 15) is 25.0 Å². The molecule has 118 valence electrons. The van der Waals surface area contributed by atoms with Crippen LogP contribution in [0.1, 0.15) is 15.9 Å². The van der Waals surface area contributed by atoms with Crippen molar-refractivity contribution in [3.05, 3.63) is 73.8 Å². The second kappa shape index (κ2) is 6.52. The van der Waals surface area contributed by atoms with E-state index in [0.29, 0.717) is 5.56 Å². The van der Waals surface area contributed by atoms with Gasteiger partial charge in [-0.2, -0.15) is 0 Å². The van der Waals surface area contributed by atoms with Crippen LogP contribution in [0.4, 0.5) is 17.1 Å². The summed E-state index contributed by atoms with van der Waals surface area (Å²) < 4.78 is 0. The molecule has 0 saturated heterocycles. The van der Waals surface area contributed by atoms with Gasteiger partial charge in [0.25, 0.3) is 11.4 Å². The van der Waals surface area contributed by atoms with Crippen LogP contribution in [-0.2, 0) is 6.54 Å². The number of aromatic carboxylic acids is 1. The first kappa shape index (κ1) is 15.9. The molecule has 23 heavy (non-hydrogen) atoms. The fourth-order valence-electron chi connectivity index (χ4n) is 1.90. The zero-order chi connectivity index (χ0) is 17.0. The summed E-state index contributed by atoms with van der Waals surface area (Å²) in [5, 5.41) is 33.3. The van der Waals surface area contributed by atoms with Crippen molar-refractivity contribution in [1.82, 2.24) is 0 Å². The SMILES string of the molecule is O=C(O)c1ccc(CNc2ccc([N+](=O)[O-])cc2[N+](=O)[O-])cc1. The molecule has 9 heteroatoms. The lowest BCUT2D eigenvalue weighted by atomic mass is 10.1. The monoisotopic (exact) mass is 317 g/mol. The largest absolute Gasteiger partial charge is 0.478 e. The van der Waals surface area contributed by atoms with Crippen molar-refractivity contribution >= 4 is 23.0 Å². The Balaban J connectivity index is 2.18. The van der Waals surface area contributed by atoms with Crippen molar-refractivity contribution in [3.8, 4) is 0 Å². The molecular formula is C14H11N3O6. The highest BCUT2D eigenvalue weighted by Gasteiger charge is 2.19. The summed E-state index contributed by atoms with van der Waals surface area (Å²) in [5.74, 6) is -1.05. The summed E-state index contributed by atoms with van der Waals surface area (Å²) in [5.41, 5.74) is 0.218. The normalized spacial score (nSPS) is 10.1. The number of nitro benzene ring substituents is 2. The van der Waals surface area contributed by atoms with E-state index in [0.717, 1.165) is 6.07 Å². The molecule has 0 spiro atoms. The topological polar surface area (TPSA) is 136 Å². The highest BCUT2D eigenvalue weighted by atomic mass is 16.6. The lowest BCUT2D eigenvalue weighted by molar-refractivity contribution is -0.393. The van der Waals surface area contributed by atoms with Gasteiger partial charge in [-0.05, 0) is 23.8 Å². The first-order chi connectivity index (χ1) is 10.9. The summed E-state index contributed by atoms with van der Waals surface area (Å²) in [6.07, 6.45) is 0. The van der Waals surface area contributed by atoms with Crippen molar-refractivity contribution < 1.29 is 19.7 Å². The number of hydrogen-bond donors (Lipinski definition) is 2. The number of nitrogens with zero attached hydrogens (tertiary/aromatic N) is 2. The van der Waals surface area contributed by atoms with Crippen LogP contribution >= 0.6 is 0 Å². The van der Waals surface area contributed by atoms with Crippen LogP contribution in [0, 0.1) is 20.2 Å². The van der Waals surface area contributed by atoms with Crippen LogP contribution in [0.2, 0.25) is 0 Å². The average Bonchev–Trinajstić information content (AvgIpc) is 2.52. The zero-order valence-corrected chi connectivity index (χ0v) is 11.6. The molecule has 0 saturated carbocycles. The number of non-ortho nitro benzene ring substituents is 1. The van der Waals surface area contributed by atoms with Crippen LogP contribution in [-0.4, -0.2) is 20.9 Å². The van der Waals surface area contributed by atoms with Crippen molar-refractivity contribution in [2.75, 3.05) is 5.32 Å². The van der Waals surface area contributed by atoms with Crippen molar-refractivity contribution in [2.45, 2.75) is 6.54 Å². The molecule has 0 aliphatic rings. The molecule has 0 bridgehead atoms. The van der Waals surface area contributed by atoms with E-state index in [1.165, 1.54) is 24.3 Å². The summed E-state index contributed by atoms with van der Waals surface area (Å²) in [6.45, 7) is 0.207. The van der Waals surface area contributed by atoms with E-state index in [1.807, 2.05) is 0 Å². The number of nitro groups is 2. The molecule has 2 aromatic rings. The standard InChI is InChI=1S/C14H11N3O6/c18-14(19)10-3-1-9(2-4-10)8-15-12-6-5-11(16(20)21)7-13(12)17(22)23/h1-7,15H,8H2,(H,18,19). The molecule has 9 nitrogen and oxygen atoms in total. The molecule has 0 unspecified atom stereocenters. The van der Waals surface area contributed by atoms with E-state index in [1.54, 1.807) is 12.1 Å². The minimum absolute atomic E-state index is 0.134. The molecule has 2 N–H and O–H groups in total. The molecule has 0 atom stereocenters. The maximum atomic E-state index is 11.0. The molecule has 0 amide bonds. The van der Waals surface area contributed by atoms with Gasteiger partial charge in [-0.25, -0.2) is 4.79 Å². The average molecular weight is 317 g/mol. The predicted molar refractivity (Wildman–Crippen MR) is 80.5 cm³/mol. The molecule has 0 aromatic heterocycles. The van der Waals surface area contributed by atoms with Crippen LogP contribution in [0.5, 0.6) is 0 Å². The van der Waals surface area contributed by atoms with Crippen molar-refractivity contribution in [3.63, 3.8) is 0 Å². The Labute approximate surface area is 129 Å². The van der Waals surface area contributed by atoms with Gasteiger partial charge in [0.15, 0.2) is 0 Å². The minimum atomic E-state index is -1.05. The van der Waals surface area contributed by atoms with E-state index in [2.05, 4.69) is 5.32 Å². The van der Waals surface area contributed by atoms with Crippen LogP contribution < -0.4 is 5.32 Å². The number of anilines is 1. The van der Waals surface area contributed by atoms with Gasteiger partial charge in [0.2, 0.25) is 0 Å². The second-order valence-electron chi connectivity index (χ2n) is 4.57. The lowest BCUT2D eigenvalue weighted by Gasteiger charge is -2.07. The number of benzene rings is 2. The van der Waals surface area contributed by atoms with Gasteiger partial charge in [-0.3, -0.25) is 20.2 Å². The molecule has 0 aliphatic heterocycles. The van der Waals surface area contributed by atoms with Crippen LogP contribution in [0.3, 0.4) is 0 Å². The maximum absolute atomic E-state index is 11.0. The summed E-state index contributed by atoms with van der Waals surface area (Å²) in [6, 6.07) is 9.31. The fraction of sp³-hybridized carbons (Fsp3) is 0.0714. The van der Waals surface area contributed by atoms with Crippen LogP contribution in [0.25, 0.3) is 0 Å². The van der Waals surface area contributed by atoms with E-state index >= 15 is 0 Å².